The van der Waals surface area contributed by atoms with Crippen molar-refractivity contribution in [1.29, 1.82) is 0 Å². The maximum Gasteiger partial charge on any atom is 0.257 e. The van der Waals surface area contributed by atoms with Crippen LogP contribution in [0.2, 0.25) is 0 Å². The molecule has 0 N–H and O–H groups in total. The molecule has 7 heteroatoms. The Labute approximate surface area is 119 Å². The van der Waals surface area contributed by atoms with Crippen molar-refractivity contribution in [3.8, 4) is 0 Å². The van der Waals surface area contributed by atoms with Crippen LogP contribution >= 0.6 is 11.8 Å². The van der Waals surface area contributed by atoms with Gasteiger partial charge in [-0.2, -0.15) is 4.98 Å². The molecule has 0 radical (unpaired) electrons. The first-order chi connectivity index (χ1) is 9.76. The van der Waals surface area contributed by atoms with Crippen molar-refractivity contribution in [3.05, 3.63) is 36.0 Å². The van der Waals surface area contributed by atoms with Gasteiger partial charge in [-0.05, 0) is 19.1 Å². The number of methoxy groups -OCH3 is 1. The monoisotopic (exact) mass is 291 g/mol. The third-order valence-corrected chi connectivity index (χ3v) is 3.59. The summed E-state index contributed by atoms with van der Waals surface area (Å²) >= 11 is 1.44. The van der Waals surface area contributed by atoms with Crippen molar-refractivity contribution in [1.82, 2.24) is 15.1 Å². The maximum absolute atomic E-state index is 5.65. The van der Waals surface area contributed by atoms with E-state index < -0.39 is 0 Å². The van der Waals surface area contributed by atoms with E-state index in [4.69, 9.17) is 13.7 Å². The number of aromatic nitrogens is 3. The standard InChI is InChI=1S/C13H13N3O3S/c1-8(12-15-11(7-17-2)16-19-12)20-13-14-9-5-3-4-6-10(9)18-13/h3-6,8H,7H2,1-2H3/t8-/m0/s1. The predicted octanol–water partition coefficient (Wildman–Crippen LogP) is 3.21. The minimum atomic E-state index is -0.0406. The fourth-order valence-corrected chi connectivity index (χ4v) is 2.51. The molecule has 1 atom stereocenters. The van der Waals surface area contributed by atoms with E-state index >= 15 is 0 Å². The fourth-order valence-electron chi connectivity index (χ4n) is 1.72. The first-order valence-electron chi connectivity index (χ1n) is 6.10. The molecule has 20 heavy (non-hydrogen) atoms. The second kappa shape index (κ2) is 5.64. The van der Waals surface area contributed by atoms with E-state index in [0.717, 1.165) is 11.1 Å². The molecule has 0 aliphatic heterocycles. The highest BCUT2D eigenvalue weighted by atomic mass is 32.2. The van der Waals surface area contributed by atoms with Gasteiger partial charge in [-0.3, -0.25) is 0 Å². The van der Waals surface area contributed by atoms with E-state index in [1.807, 2.05) is 31.2 Å². The van der Waals surface area contributed by atoms with E-state index in [0.29, 0.717) is 23.5 Å². The molecule has 6 nitrogen and oxygen atoms in total. The van der Waals surface area contributed by atoms with Gasteiger partial charge in [0.05, 0.1) is 5.25 Å². The average molecular weight is 291 g/mol. The molecule has 0 unspecified atom stereocenters. The maximum atomic E-state index is 5.65. The van der Waals surface area contributed by atoms with Crippen LogP contribution in [0.15, 0.2) is 38.4 Å². The van der Waals surface area contributed by atoms with Gasteiger partial charge in [-0.1, -0.05) is 29.1 Å². The second-order valence-corrected chi connectivity index (χ2v) is 5.48. The number of benzene rings is 1. The lowest BCUT2D eigenvalue weighted by Gasteiger charge is -2.00. The van der Waals surface area contributed by atoms with E-state index in [2.05, 4.69) is 15.1 Å². The summed E-state index contributed by atoms with van der Waals surface area (Å²) in [4.78, 5) is 8.66. The van der Waals surface area contributed by atoms with Crippen molar-refractivity contribution in [2.75, 3.05) is 7.11 Å². The number of nitrogens with zero attached hydrogens (tertiary/aromatic N) is 3. The van der Waals surface area contributed by atoms with Crippen LogP contribution in [0.25, 0.3) is 11.1 Å². The molecule has 0 amide bonds. The molecule has 0 spiro atoms. The summed E-state index contributed by atoms with van der Waals surface area (Å²) in [5.74, 6) is 1.07. The first kappa shape index (κ1) is 13.1. The fraction of sp³-hybridized carbons (Fsp3) is 0.308. The number of oxazole rings is 1. The molecule has 0 saturated carbocycles. The van der Waals surface area contributed by atoms with Crippen LogP contribution in [0, 0.1) is 0 Å². The molecule has 2 heterocycles. The number of thioether (sulfide) groups is 1. The SMILES string of the molecule is COCc1noc([C@H](C)Sc2nc3ccccc3o2)n1. The highest BCUT2D eigenvalue weighted by Crippen LogP contribution is 2.34. The normalized spacial score (nSPS) is 12.9. The zero-order valence-electron chi connectivity index (χ0n) is 11.1. The van der Waals surface area contributed by atoms with Crippen LogP contribution in [0.4, 0.5) is 0 Å². The van der Waals surface area contributed by atoms with Crippen molar-refractivity contribution < 1.29 is 13.7 Å². The minimum Gasteiger partial charge on any atom is -0.431 e. The van der Waals surface area contributed by atoms with Gasteiger partial charge in [-0.15, -0.1) is 0 Å². The Morgan fingerprint density at radius 2 is 2.15 bits per heavy atom. The van der Waals surface area contributed by atoms with Gasteiger partial charge >= 0.3 is 0 Å². The number of fused-ring (bicyclic) bond motifs is 1. The quantitative estimate of drug-likeness (QED) is 0.668. The molecule has 3 rings (SSSR count). The summed E-state index contributed by atoms with van der Waals surface area (Å²) in [6, 6.07) is 7.65. The molecule has 1 aromatic carbocycles. The van der Waals surface area contributed by atoms with Gasteiger partial charge in [0.25, 0.3) is 5.22 Å². The number of para-hydroxylation sites is 2. The highest BCUT2D eigenvalue weighted by Gasteiger charge is 2.18. The molecule has 3 aromatic rings. The van der Waals surface area contributed by atoms with Crippen molar-refractivity contribution in [2.24, 2.45) is 0 Å². The van der Waals surface area contributed by atoms with Crippen molar-refractivity contribution in [2.45, 2.75) is 24.0 Å². The van der Waals surface area contributed by atoms with Crippen LogP contribution in [0.1, 0.15) is 23.9 Å². The Hall–Kier alpha value is -1.86. The second-order valence-electron chi connectivity index (χ2n) is 4.19. The summed E-state index contributed by atoms with van der Waals surface area (Å²) in [6.07, 6.45) is 0. The Morgan fingerprint density at radius 1 is 1.30 bits per heavy atom. The summed E-state index contributed by atoms with van der Waals surface area (Å²) in [6.45, 7) is 2.30. The Balaban J connectivity index is 1.75. The Bertz CT molecular complexity index is 677. The van der Waals surface area contributed by atoms with Crippen LogP contribution in [0.3, 0.4) is 0 Å². The van der Waals surface area contributed by atoms with Gasteiger partial charge in [-0.25, -0.2) is 4.98 Å². The number of ether oxygens (including phenoxy) is 1. The van der Waals surface area contributed by atoms with Crippen LogP contribution in [-0.2, 0) is 11.3 Å². The van der Waals surface area contributed by atoms with Gasteiger partial charge in [0.15, 0.2) is 11.4 Å². The van der Waals surface area contributed by atoms with Crippen molar-refractivity contribution in [3.63, 3.8) is 0 Å². The van der Waals surface area contributed by atoms with Gasteiger partial charge in [0, 0.05) is 7.11 Å². The summed E-state index contributed by atoms with van der Waals surface area (Å²) in [7, 11) is 1.59. The first-order valence-corrected chi connectivity index (χ1v) is 6.98. The Morgan fingerprint density at radius 3 is 2.95 bits per heavy atom. The lowest BCUT2D eigenvalue weighted by atomic mass is 10.3. The zero-order valence-corrected chi connectivity index (χ0v) is 11.9. The molecular weight excluding hydrogens is 278 g/mol. The van der Waals surface area contributed by atoms with Gasteiger partial charge in [0.2, 0.25) is 5.89 Å². The molecule has 0 aliphatic carbocycles. The van der Waals surface area contributed by atoms with E-state index in [1.54, 1.807) is 7.11 Å². The van der Waals surface area contributed by atoms with Crippen LogP contribution in [-0.4, -0.2) is 22.2 Å². The molecular formula is C13H13N3O3S. The average Bonchev–Trinajstić information content (AvgIpc) is 3.04. The number of hydrogen-bond acceptors (Lipinski definition) is 7. The number of rotatable bonds is 5. The zero-order chi connectivity index (χ0) is 13.9. The number of hydrogen-bond donors (Lipinski definition) is 0. The van der Waals surface area contributed by atoms with Crippen LogP contribution < -0.4 is 0 Å². The molecule has 2 aromatic heterocycles. The van der Waals surface area contributed by atoms with Crippen molar-refractivity contribution >= 4 is 22.9 Å². The molecule has 0 bridgehead atoms. The summed E-state index contributed by atoms with van der Waals surface area (Å²) in [5, 5.41) is 4.38. The third kappa shape index (κ3) is 2.68. The largest absolute Gasteiger partial charge is 0.431 e. The third-order valence-electron chi connectivity index (χ3n) is 2.66. The molecule has 0 saturated heterocycles. The van der Waals surface area contributed by atoms with E-state index in [9.17, 15) is 0 Å². The lowest BCUT2D eigenvalue weighted by Crippen LogP contribution is -1.92. The summed E-state index contributed by atoms with van der Waals surface area (Å²) in [5.41, 5.74) is 1.61. The topological polar surface area (TPSA) is 74.2 Å². The van der Waals surface area contributed by atoms with Crippen LogP contribution in [0.5, 0.6) is 0 Å². The minimum absolute atomic E-state index is 0.0406. The smallest absolute Gasteiger partial charge is 0.257 e. The Kier molecular flexibility index (Phi) is 3.70. The molecule has 0 aliphatic rings. The van der Waals surface area contributed by atoms with Gasteiger partial charge in [0.1, 0.15) is 12.1 Å². The van der Waals surface area contributed by atoms with Gasteiger partial charge < -0.3 is 13.7 Å². The lowest BCUT2D eigenvalue weighted by molar-refractivity contribution is 0.174. The molecule has 0 fully saturated rings. The van der Waals surface area contributed by atoms with E-state index in [1.165, 1.54) is 11.8 Å². The summed E-state index contributed by atoms with van der Waals surface area (Å²) < 4.78 is 15.8. The van der Waals surface area contributed by atoms with E-state index in [-0.39, 0.29) is 5.25 Å². The molecule has 104 valence electrons. The predicted molar refractivity (Wildman–Crippen MR) is 73.3 cm³/mol. The highest BCUT2D eigenvalue weighted by molar-refractivity contribution is 7.99.